The van der Waals surface area contributed by atoms with E-state index in [-0.39, 0.29) is 11.5 Å². The Morgan fingerprint density at radius 3 is 2.80 bits per heavy atom. The van der Waals surface area contributed by atoms with E-state index in [1.807, 2.05) is 6.92 Å². The minimum atomic E-state index is -0.457. The molecule has 0 aliphatic carbocycles. The van der Waals surface area contributed by atoms with Crippen molar-refractivity contribution in [2.45, 2.75) is 11.3 Å². The van der Waals surface area contributed by atoms with Gasteiger partial charge in [-0.3, -0.25) is 10.1 Å². The van der Waals surface area contributed by atoms with Gasteiger partial charge in [-0.05, 0) is 30.0 Å². The predicted octanol–water partition coefficient (Wildman–Crippen LogP) is 3.24. The summed E-state index contributed by atoms with van der Waals surface area (Å²) in [6, 6.07) is 5.75. The van der Waals surface area contributed by atoms with Gasteiger partial charge in [0, 0.05) is 0 Å². The first-order valence-electron chi connectivity index (χ1n) is 7.28. The van der Waals surface area contributed by atoms with E-state index in [2.05, 4.69) is 20.6 Å². The maximum absolute atomic E-state index is 13.0. The number of thioether (sulfide) groups is 1. The first-order chi connectivity index (χ1) is 12.1. The van der Waals surface area contributed by atoms with Crippen molar-refractivity contribution in [1.82, 2.24) is 20.0 Å². The first kappa shape index (κ1) is 17.4. The number of nitrogens with one attached hydrogen (secondary N) is 1. The zero-order chi connectivity index (χ0) is 17.8. The number of benzene rings is 1. The molecular weight excluding hydrogens is 365 g/mol. The van der Waals surface area contributed by atoms with E-state index >= 15 is 0 Å². The fraction of sp³-hybridized carbons (Fsp3) is 0.200. The van der Waals surface area contributed by atoms with Gasteiger partial charge in [0.05, 0.1) is 19.0 Å². The number of hydrogen-bond acceptors (Lipinski definition) is 7. The van der Waals surface area contributed by atoms with Crippen molar-refractivity contribution < 1.29 is 13.9 Å². The number of carbonyl (C=O) groups excluding carboxylic acids is 1. The van der Waals surface area contributed by atoms with Crippen LogP contribution in [0.5, 0.6) is 5.75 Å². The summed E-state index contributed by atoms with van der Waals surface area (Å²) in [4.78, 5) is 12.5. The van der Waals surface area contributed by atoms with Crippen LogP contribution >= 0.6 is 23.1 Å². The maximum Gasteiger partial charge on any atom is 0.281 e. The highest BCUT2D eigenvalue weighted by molar-refractivity contribution is 8.01. The molecule has 0 fully saturated rings. The van der Waals surface area contributed by atoms with Gasteiger partial charge in [-0.25, -0.2) is 9.07 Å². The molecular formula is C15H14FN5O2S2. The number of hydrogen-bond donors (Lipinski definition) is 1. The van der Waals surface area contributed by atoms with Crippen LogP contribution in [-0.2, 0) is 0 Å². The number of amides is 1. The van der Waals surface area contributed by atoms with Crippen LogP contribution in [0.4, 0.5) is 9.52 Å². The summed E-state index contributed by atoms with van der Waals surface area (Å²) in [5, 5.41) is 15.2. The summed E-state index contributed by atoms with van der Waals surface area (Å²) < 4.78 is 20.5. The van der Waals surface area contributed by atoms with Crippen LogP contribution in [0.25, 0.3) is 5.69 Å². The van der Waals surface area contributed by atoms with E-state index in [4.69, 9.17) is 4.74 Å². The highest BCUT2D eigenvalue weighted by atomic mass is 32.2. The lowest BCUT2D eigenvalue weighted by Crippen LogP contribution is -2.14. The molecule has 25 heavy (non-hydrogen) atoms. The van der Waals surface area contributed by atoms with Gasteiger partial charge in [0.15, 0.2) is 15.8 Å². The topological polar surface area (TPSA) is 81.9 Å². The summed E-state index contributed by atoms with van der Waals surface area (Å²) in [6.45, 7) is 2.01. The van der Waals surface area contributed by atoms with Crippen molar-refractivity contribution in [3.05, 3.63) is 42.0 Å². The quantitative estimate of drug-likeness (QED) is 0.523. The van der Waals surface area contributed by atoms with Crippen LogP contribution in [0.3, 0.4) is 0 Å². The summed E-state index contributed by atoms with van der Waals surface area (Å²) in [6.07, 6.45) is 1.56. The Labute approximate surface area is 151 Å². The number of aromatic nitrogens is 4. The average molecular weight is 379 g/mol. The third-order valence-corrected chi connectivity index (χ3v) is 4.96. The molecule has 3 aromatic rings. The fourth-order valence-corrected chi connectivity index (χ4v) is 3.63. The highest BCUT2D eigenvalue weighted by Gasteiger charge is 2.20. The zero-order valence-electron chi connectivity index (χ0n) is 13.4. The Kier molecular flexibility index (Phi) is 5.29. The molecule has 3 rings (SSSR count). The molecule has 1 amide bonds. The van der Waals surface area contributed by atoms with Crippen molar-refractivity contribution in [3.63, 3.8) is 0 Å². The molecule has 0 bridgehead atoms. The second-order valence-corrected chi connectivity index (χ2v) is 7.22. The molecule has 0 radical (unpaired) electrons. The SMILES string of the molecule is CCSc1nnc(NC(=O)c2nn(-c3ccc(F)cc3)cc2OC)s1. The molecule has 130 valence electrons. The maximum atomic E-state index is 13.0. The minimum Gasteiger partial charge on any atom is -0.493 e. The molecule has 1 N–H and O–H groups in total. The molecule has 1 aromatic carbocycles. The van der Waals surface area contributed by atoms with Gasteiger partial charge in [0.2, 0.25) is 5.13 Å². The van der Waals surface area contributed by atoms with Crippen LogP contribution in [0.2, 0.25) is 0 Å². The van der Waals surface area contributed by atoms with Gasteiger partial charge in [0.25, 0.3) is 5.91 Å². The summed E-state index contributed by atoms with van der Waals surface area (Å²) in [5.41, 5.74) is 0.711. The molecule has 0 spiro atoms. The first-order valence-corrected chi connectivity index (χ1v) is 9.08. The van der Waals surface area contributed by atoms with Crippen molar-refractivity contribution in [3.8, 4) is 11.4 Å². The van der Waals surface area contributed by atoms with E-state index in [9.17, 15) is 9.18 Å². The Bertz CT molecular complexity index is 878. The van der Waals surface area contributed by atoms with Crippen molar-refractivity contribution in [2.24, 2.45) is 0 Å². The Morgan fingerprint density at radius 1 is 1.36 bits per heavy atom. The zero-order valence-corrected chi connectivity index (χ0v) is 15.0. The number of rotatable bonds is 6. The van der Waals surface area contributed by atoms with E-state index < -0.39 is 5.91 Å². The highest BCUT2D eigenvalue weighted by Crippen LogP contribution is 2.26. The molecule has 7 nitrogen and oxygen atoms in total. The molecule has 0 aliphatic rings. The summed E-state index contributed by atoms with van der Waals surface area (Å²) in [5.74, 6) is 0.368. The molecule has 0 saturated heterocycles. The smallest absolute Gasteiger partial charge is 0.281 e. The molecule has 10 heteroatoms. The van der Waals surface area contributed by atoms with Crippen LogP contribution in [-0.4, -0.2) is 38.7 Å². The summed E-state index contributed by atoms with van der Waals surface area (Å²) >= 11 is 2.84. The summed E-state index contributed by atoms with van der Waals surface area (Å²) in [7, 11) is 1.45. The normalized spacial score (nSPS) is 10.7. The second-order valence-electron chi connectivity index (χ2n) is 4.73. The fourth-order valence-electron chi connectivity index (χ4n) is 1.99. The Hall–Kier alpha value is -2.46. The monoisotopic (exact) mass is 379 g/mol. The van der Waals surface area contributed by atoms with Gasteiger partial charge in [0.1, 0.15) is 5.82 Å². The lowest BCUT2D eigenvalue weighted by Gasteiger charge is -2.00. The lowest BCUT2D eigenvalue weighted by atomic mass is 10.3. The number of ether oxygens (including phenoxy) is 1. The van der Waals surface area contributed by atoms with E-state index in [1.165, 1.54) is 35.3 Å². The number of nitrogens with zero attached hydrogens (tertiary/aromatic N) is 4. The number of carbonyl (C=O) groups is 1. The van der Waals surface area contributed by atoms with Crippen LogP contribution in [0.1, 0.15) is 17.4 Å². The molecule has 0 saturated carbocycles. The second kappa shape index (κ2) is 7.62. The third kappa shape index (κ3) is 3.97. The van der Waals surface area contributed by atoms with Gasteiger partial charge >= 0.3 is 0 Å². The lowest BCUT2D eigenvalue weighted by molar-refractivity contribution is 0.101. The molecule has 2 heterocycles. The minimum absolute atomic E-state index is 0.103. The standard InChI is InChI=1S/C15H14FN5O2S2/c1-3-24-15-19-18-14(25-15)17-13(22)12-11(23-2)8-21(20-12)10-6-4-9(16)5-7-10/h4-8H,3H2,1-2H3,(H,17,18,22). The van der Waals surface area contributed by atoms with Crippen molar-refractivity contribution in [1.29, 1.82) is 0 Å². The van der Waals surface area contributed by atoms with E-state index in [0.717, 1.165) is 10.1 Å². The third-order valence-electron chi connectivity index (χ3n) is 3.10. The van der Waals surface area contributed by atoms with Gasteiger partial charge in [-0.2, -0.15) is 5.10 Å². The molecule has 0 unspecified atom stereocenters. The van der Waals surface area contributed by atoms with Crippen LogP contribution in [0, 0.1) is 5.82 Å². The van der Waals surface area contributed by atoms with Gasteiger partial charge in [-0.1, -0.05) is 30.0 Å². The Morgan fingerprint density at radius 2 is 2.12 bits per heavy atom. The number of anilines is 1. The van der Waals surface area contributed by atoms with E-state index in [1.54, 1.807) is 30.1 Å². The van der Waals surface area contributed by atoms with E-state index in [0.29, 0.717) is 16.6 Å². The largest absolute Gasteiger partial charge is 0.493 e. The average Bonchev–Trinajstić information content (AvgIpc) is 3.22. The molecule has 2 aromatic heterocycles. The van der Waals surface area contributed by atoms with Crippen molar-refractivity contribution >= 4 is 34.1 Å². The van der Waals surface area contributed by atoms with Crippen LogP contribution < -0.4 is 10.1 Å². The van der Waals surface area contributed by atoms with Gasteiger partial charge < -0.3 is 4.74 Å². The van der Waals surface area contributed by atoms with Gasteiger partial charge in [-0.15, -0.1) is 10.2 Å². The molecule has 0 atom stereocenters. The number of methoxy groups -OCH3 is 1. The Balaban J connectivity index is 1.82. The van der Waals surface area contributed by atoms with Crippen LogP contribution in [0.15, 0.2) is 34.8 Å². The predicted molar refractivity (Wildman–Crippen MR) is 94.3 cm³/mol. The number of halogens is 1. The molecule has 0 aliphatic heterocycles. The van der Waals surface area contributed by atoms with Crippen molar-refractivity contribution in [2.75, 3.05) is 18.2 Å².